The highest BCUT2D eigenvalue weighted by Crippen LogP contribution is 2.69. The molecule has 8 N–H and O–H groups in total. The van der Waals surface area contributed by atoms with Gasteiger partial charge in [-0.25, -0.2) is 0 Å². The topological polar surface area (TPSA) is 235 Å². The summed E-state index contributed by atoms with van der Waals surface area (Å²) >= 11 is 0. The summed E-state index contributed by atoms with van der Waals surface area (Å²) in [6, 6.07) is 18.7. The minimum absolute atomic E-state index is 0.111. The number of hydrogen-bond donors (Lipinski definition) is 8. The lowest BCUT2D eigenvalue weighted by Gasteiger charge is -2.49. The SMILES string of the molecule is COc1ccc([C@]23Oc4cc(OC)cc(OC)c4[C@](O)([C@H](c4ccccc4)[C@H]2C(=O)NCCCCNC(=O)/C(C)=C/CO)[C@@H]3O[C@@H]2O[C@H](CO)[C@@H](O)[C@H](O)[C@H]2O)cc1. The second-order valence-electron chi connectivity index (χ2n) is 14.6. The zero-order valence-electron chi connectivity index (χ0n) is 32.7. The van der Waals surface area contributed by atoms with E-state index in [0.29, 0.717) is 47.6 Å². The van der Waals surface area contributed by atoms with E-state index in [1.807, 2.05) is 0 Å². The lowest BCUT2D eigenvalue weighted by molar-refractivity contribution is -0.337. The van der Waals surface area contributed by atoms with Gasteiger partial charge in [0.25, 0.3) is 0 Å². The van der Waals surface area contributed by atoms with Crippen LogP contribution in [0.4, 0.5) is 0 Å². The highest BCUT2D eigenvalue weighted by atomic mass is 16.7. The van der Waals surface area contributed by atoms with Crippen molar-refractivity contribution >= 4 is 11.8 Å². The van der Waals surface area contributed by atoms with E-state index in [9.17, 15) is 30.3 Å². The molecule has 0 unspecified atom stereocenters. The van der Waals surface area contributed by atoms with Crippen molar-refractivity contribution in [2.24, 2.45) is 5.92 Å². The van der Waals surface area contributed by atoms with E-state index in [-0.39, 0.29) is 36.1 Å². The molecular formula is C42H52N2O14. The van der Waals surface area contributed by atoms with Crippen molar-refractivity contribution in [1.29, 1.82) is 0 Å². The summed E-state index contributed by atoms with van der Waals surface area (Å²) in [6.45, 7) is 1.08. The van der Waals surface area contributed by atoms with Crippen LogP contribution >= 0.6 is 0 Å². The van der Waals surface area contributed by atoms with Gasteiger partial charge in [-0.3, -0.25) is 9.59 Å². The molecule has 6 rings (SSSR count). The Kier molecular flexibility index (Phi) is 13.3. The molecule has 314 valence electrons. The third kappa shape index (κ3) is 7.62. The van der Waals surface area contributed by atoms with Gasteiger partial charge < -0.3 is 69.7 Å². The fraction of sp³-hybridized carbons (Fsp3) is 0.476. The molecule has 1 saturated heterocycles. The van der Waals surface area contributed by atoms with Gasteiger partial charge in [0.1, 0.15) is 59.1 Å². The number of unbranched alkanes of at least 4 members (excludes halogenated alkanes) is 1. The van der Waals surface area contributed by atoms with Gasteiger partial charge in [-0.1, -0.05) is 48.5 Å². The second kappa shape index (κ2) is 18.0. The zero-order chi connectivity index (χ0) is 41.8. The van der Waals surface area contributed by atoms with E-state index in [4.69, 9.17) is 33.5 Å². The molecule has 3 aliphatic rings. The third-order valence-electron chi connectivity index (χ3n) is 11.3. The van der Waals surface area contributed by atoms with Gasteiger partial charge in [-0.05, 0) is 43.0 Å². The van der Waals surface area contributed by atoms with E-state index in [2.05, 4.69) is 10.6 Å². The van der Waals surface area contributed by atoms with Gasteiger partial charge >= 0.3 is 0 Å². The third-order valence-corrected chi connectivity index (χ3v) is 11.3. The summed E-state index contributed by atoms with van der Waals surface area (Å²) in [5, 5.41) is 71.6. The monoisotopic (exact) mass is 808 g/mol. The van der Waals surface area contributed by atoms with Crippen molar-refractivity contribution in [3.8, 4) is 23.0 Å². The number of nitrogens with one attached hydrogen (secondary N) is 2. The number of aliphatic hydroxyl groups is 6. The number of carbonyl (C=O) groups is 2. The quantitative estimate of drug-likeness (QED) is 0.0737. The van der Waals surface area contributed by atoms with Gasteiger partial charge in [0, 0.05) is 36.7 Å². The van der Waals surface area contributed by atoms with Crippen molar-refractivity contribution in [3.63, 3.8) is 0 Å². The van der Waals surface area contributed by atoms with Crippen LogP contribution in [0, 0.1) is 5.92 Å². The van der Waals surface area contributed by atoms with E-state index < -0.39 is 72.4 Å². The van der Waals surface area contributed by atoms with Crippen molar-refractivity contribution in [3.05, 3.63) is 95.1 Å². The minimum Gasteiger partial charge on any atom is -0.497 e. The summed E-state index contributed by atoms with van der Waals surface area (Å²) in [5.41, 5.74) is -2.81. The van der Waals surface area contributed by atoms with E-state index in [0.717, 1.165) is 0 Å². The Bertz CT molecular complexity index is 1930. The number of fused-ring (bicyclic) bond motifs is 4. The fourth-order valence-corrected chi connectivity index (χ4v) is 8.42. The number of carbonyl (C=O) groups excluding carboxylic acids is 2. The average molecular weight is 809 g/mol. The van der Waals surface area contributed by atoms with Crippen molar-refractivity contribution in [1.82, 2.24) is 10.6 Å². The number of aliphatic hydroxyl groups excluding tert-OH is 5. The maximum absolute atomic E-state index is 15.1. The highest BCUT2D eigenvalue weighted by molar-refractivity contribution is 5.92. The normalized spacial score (nSPS) is 30.1. The second-order valence-corrected chi connectivity index (χ2v) is 14.6. The summed E-state index contributed by atoms with van der Waals surface area (Å²) in [5.74, 6) is -2.26. The number of benzene rings is 3. The Morgan fingerprint density at radius 2 is 1.52 bits per heavy atom. The molecule has 0 spiro atoms. The van der Waals surface area contributed by atoms with Crippen LogP contribution < -0.4 is 29.6 Å². The standard InChI is InChI=1S/C42H52N2O14/c1-23(16-19-45)37(50)43-17-8-9-18-44-38(51)33-31(24-10-6-5-7-11-24)41(52)32-28(55-4)20-27(54-3)21-29(32)58-42(33,25-12-14-26(53-2)15-13-25)40(41)57-39-36(49)35(48)34(47)30(22-46)56-39/h5-7,10-16,20-21,30-31,33-36,39-40,45-49,52H,8-9,17-19,22H2,1-4H3,(H,43,50)(H,44,51)/b23-16+/t30-,31-,33+,34-,35+,36-,39+,40+,41-,42+/m1/s1. The first-order valence-electron chi connectivity index (χ1n) is 19.1. The molecular weight excluding hydrogens is 756 g/mol. The predicted molar refractivity (Wildman–Crippen MR) is 206 cm³/mol. The van der Waals surface area contributed by atoms with Crippen LogP contribution in [0.15, 0.2) is 78.4 Å². The Labute approximate surface area is 335 Å². The Morgan fingerprint density at radius 3 is 2.14 bits per heavy atom. The molecule has 16 nitrogen and oxygen atoms in total. The average Bonchev–Trinajstić information content (AvgIpc) is 3.39. The molecule has 3 aromatic carbocycles. The van der Waals surface area contributed by atoms with Gasteiger partial charge in [0.15, 0.2) is 11.9 Å². The molecule has 2 heterocycles. The first-order chi connectivity index (χ1) is 27.9. The number of hydrogen-bond acceptors (Lipinski definition) is 14. The Hall–Kier alpha value is -4.78. The van der Waals surface area contributed by atoms with Crippen LogP contribution in [-0.2, 0) is 30.3 Å². The minimum atomic E-state index is -2.24. The smallest absolute Gasteiger partial charge is 0.246 e. The lowest BCUT2D eigenvalue weighted by Crippen LogP contribution is -2.64. The van der Waals surface area contributed by atoms with E-state index in [1.165, 1.54) is 27.4 Å². The van der Waals surface area contributed by atoms with Gasteiger partial charge in [-0.2, -0.15) is 0 Å². The molecule has 58 heavy (non-hydrogen) atoms. The molecule has 2 bridgehead atoms. The first kappa shape index (κ1) is 42.8. The lowest BCUT2D eigenvalue weighted by atomic mass is 9.74. The molecule has 2 fully saturated rings. The maximum atomic E-state index is 15.1. The van der Waals surface area contributed by atoms with Crippen molar-refractivity contribution in [2.75, 3.05) is 47.6 Å². The fourth-order valence-electron chi connectivity index (χ4n) is 8.42. The maximum Gasteiger partial charge on any atom is 0.246 e. The van der Waals surface area contributed by atoms with Crippen molar-refractivity contribution in [2.45, 2.75) is 73.7 Å². The molecule has 2 aliphatic heterocycles. The van der Waals surface area contributed by atoms with Crippen LogP contribution in [0.1, 0.15) is 42.4 Å². The van der Waals surface area contributed by atoms with E-state index in [1.54, 1.807) is 73.7 Å². The number of amides is 2. The van der Waals surface area contributed by atoms with Crippen LogP contribution in [0.25, 0.3) is 0 Å². The zero-order valence-corrected chi connectivity index (χ0v) is 32.7. The van der Waals surface area contributed by atoms with E-state index >= 15 is 4.79 Å². The number of methoxy groups -OCH3 is 3. The van der Waals surface area contributed by atoms with Gasteiger partial charge in [0.05, 0.1) is 46.0 Å². The molecule has 1 aliphatic carbocycles. The molecule has 0 radical (unpaired) electrons. The highest BCUT2D eigenvalue weighted by Gasteiger charge is 2.77. The van der Waals surface area contributed by atoms with Crippen LogP contribution in [0.3, 0.4) is 0 Å². The number of ether oxygens (including phenoxy) is 6. The molecule has 2 amide bonds. The summed E-state index contributed by atoms with van der Waals surface area (Å²) in [6.07, 6.45) is -7.78. The molecule has 10 atom stereocenters. The van der Waals surface area contributed by atoms with Crippen LogP contribution in [0.2, 0.25) is 0 Å². The van der Waals surface area contributed by atoms with Crippen molar-refractivity contribution < 1.29 is 68.6 Å². The Morgan fingerprint density at radius 1 is 0.845 bits per heavy atom. The molecule has 0 aromatic heterocycles. The van der Waals surface area contributed by atoms with Gasteiger partial charge in [0.2, 0.25) is 11.8 Å². The molecule has 16 heteroatoms. The molecule has 1 saturated carbocycles. The molecule has 3 aromatic rings. The Balaban J connectivity index is 1.51. The first-order valence-corrected chi connectivity index (χ1v) is 19.1. The largest absolute Gasteiger partial charge is 0.497 e. The van der Waals surface area contributed by atoms with Crippen LogP contribution in [-0.4, -0.2) is 127 Å². The summed E-state index contributed by atoms with van der Waals surface area (Å²) < 4.78 is 36.6. The summed E-state index contributed by atoms with van der Waals surface area (Å²) in [7, 11) is 4.36. The number of rotatable bonds is 16. The summed E-state index contributed by atoms with van der Waals surface area (Å²) in [4.78, 5) is 27.4. The van der Waals surface area contributed by atoms with Gasteiger partial charge in [-0.15, -0.1) is 0 Å². The predicted octanol–water partition coefficient (Wildman–Crippen LogP) is 0.738. The van der Waals surface area contributed by atoms with Crippen LogP contribution in [0.5, 0.6) is 23.0 Å².